The molecule has 7 nitrogen and oxygen atoms in total. The number of anilines is 1. The molecular weight excluding hydrogens is 332 g/mol. The van der Waals surface area contributed by atoms with Crippen molar-refractivity contribution in [1.29, 1.82) is 0 Å². The van der Waals surface area contributed by atoms with E-state index in [4.69, 9.17) is 5.73 Å². The number of nitrogens with one attached hydrogen (secondary N) is 1. The van der Waals surface area contributed by atoms with Crippen LogP contribution in [0, 0.1) is 10.1 Å². The van der Waals surface area contributed by atoms with Gasteiger partial charge < -0.3 is 16.0 Å². The molecule has 24 heavy (non-hydrogen) atoms. The number of nitrogens with zero attached hydrogens (tertiary/aromatic N) is 2. The van der Waals surface area contributed by atoms with Gasteiger partial charge in [-0.2, -0.15) is 0 Å². The van der Waals surface area contributed by atoms with Crippen molar-refractivity contribution in [3.63, 3.8) is 0 Å². The number of hydrogen-bond acceptors (Lipinski definition) is 5. The van der Waals surface area contributed by atoms with Crippen LogP contribution in [0.1, 0.15) is 32.1 Å². The van der Waals surface area contributed by atoms with Crippen molar-refractivity contribution in [2.75, 3.05) is 25.0 Å². The van der Waals surface area contributed by atoms with Crippen molar-refractivity contribution >= 4 is 29.7 Å². The van der Waals surface area contributed by atoms with Crippen molar-refractivity contribution in [1.82, 2.24) is 4.90 Å². The van der Waals surface area contributed by atoms with E-state index < -0.39 is 4.92 Å². The predicted molar refractivity (Wildman–Crippen MR) is 96.5 cm³/mol. The molecule has 1 amide bonds. The Morgan fingerprint density at radius 1 is 1.33 bits per heavy atom. The van der Waals surface area contributed by atoms with Crippen molar-refractivity contribution in [3.8, 4) is 0 Å². The number of carbonyl (C=O) groups excluding carboxylic acids is 1. The van der Waals surface area contributed by atoms with Crippen LogP contribution in [0.25, 0.3) is 0 Å². The van der Waals surface area contributed by atoms with Crippen molar-refractivity contribution in [3.05, 3.63) is 34.4 Å². The normalized spacial score (nSPS) is 17.0. The maximum Gasteiger partial charge on any atom is 0.269 e. The number of nitro benzene ring substituents is 1. The van der Waals surface area contributed by atoms with E-state index in [0.717, 1.165) is 37.9 Å². The number of halogens is 1. The van der Waals surface area contributed by atoms with Gasteiger partial charge in [-0.1, -0.05) is 0 Å². The summed E-state index contributed by atoms with van der Waals surface area (Å²) in [6.07, 6.45) is 4.43. The minimum absolute atomic E-state index is 0. The molecular formula is C16H25ClN4O3. The van der Waals surface area contributed by atoms with Crippen LogP contribution in [0.4, 0.5) is 11.4 Å². The van der Waals surface area contributed by atoms with Crippen molar-refractivity contribution in [2.24, 2.45) is 5.73 Å². The van der Waals surface area contributed by atoms with Gasteiger partial charge in [-0.05, 0) is 37.8 Å². The number of nitrogens with two attached hydrogens (primary N) is 1. The van der Waals surface area contributed by atoms with E-state index in [9.17, 15) is 14.9 Å². The monoisotopic (exact) mass is 356 g/mol. The molecule has 1 unspecified atom stereocenters. The van der Waals surface area contributed by atoms with Crippen LogP contribution in [-0.4, -0.2) is 41.4 Å². The smallest absolute Gasteiger partial charge is 0.269 e. The number of likely N-dealkylation sites (tertiary alicyclic amines) is 1. The molecule has 2 rings (SSSR count). The predicted octanol–water partition coefficient (Wildman–Crippen LogP) is 2.55. The Labute approximate surface area is 148 Å². The lowest BCUT2D eigenvalue weighted by molar-refractivity contribution is -0.384. The Hall–Kier alpha value is -1.86. The van der Waals surface area contributed by atoms with Gasteiger partial charge in [-0.15, -0.1) is 12.4 Å². The van der Waals surface area contributed by atoms with Crippen LogP contribution in [-0.2, 0) is 4.79 Å². The second-order valence-electron chi connectivity index (χ2n) is 5.81. The van der Waals surface area contributed by atoms with E-state index in [1.807, 2.05) is 4.90 Å². The van der Waals surface area contributed by atoms with Gasteiger partial charge in [-0.3, -0.25) is 14.9 Å². The molecule has 0 spiro atoms. The van der Waals surface area contributed by atoms with Crippen LogP contribution in [0.5, 0.6) is 0 Å². The van der Waals surface area contributed by atoms with Gasteiger partial charge in [0.1, 0.15) is 0 Å². The van der Waals surface area contributed by atoms with E-state index in [2.05, 4.69) is 5.32 Å². The van der Waals surface area contributed by atoms with Gasteiger partial charge in [0.25, 0.3) is 5.69 Å². The molecule has 1 saturated heterocycles. The number of amides is 1. The summed E-state index contributed by atoms with van der Waals surface area (Å²) in [5.41, 5.74) is 6.63. The summed E-state index contributed by atoms with van der Waals surface area (Å²) < 4.78 is 0. The minimum Gasteiger partial charge on any atom is -0.385 e. The van der Waals surface area contributed by atoms with E-state index in [1.54, 1.807) is 12.1 Å². The van der Waals surface area contributed by atoms with Gasteiger partial charge >= 0.3 is 0 Å². The first-order valence-corrected chi connectivity index (χ1v) is 8.09. The zero-order valence-electron chi connectivity index (χ0n) is 13.6. The topological polar surface area (TPSA) is 102 Å². The van der Waals surface area contributed by atoms with Gasteiger partial charge in [0.15, 0.2) is 0 Å². The lowest BCUT2D eigenvalue weighted by Crippen LogP contribution is -2.47. The number of benzene rings is 1. The van der Waals surface area contributed by atoms with Crippen molar-refractivity contribution < 1.29 is 9.72 Å². The SMILES string of the molecule is Cl.NCC1CCCCN1C(=O)CCCNc1ccc([N+](=O)[O-])cc1. The zero-order chi connectivity index (χ0) is 16.7. The fraction of sp³-hybridized carbons (Fsp3) is 0.562. The molecule has 0 bridgehead atoms. The number of rotatable bonds is 7. The van der Waals surface area contributed by atoms with Crippen LogP contribution in [0.3, 0.4) is 0 Å². The zero-order valence-corrected chi connectivity index (χ0v) is 14.5. The van der Waals surface area contributed by atoms with Crippen LogP contribution >= 0.6 is 12.4 Å². The number of piperidine rings is 1. The minimum atomic E-state index is -0.422. The maximum atomic E-state index is 12.3. The lowest BCUT2D eigenvalue weighted by Gasteiger charge is -2.35. The van der Waals surface area contributed by atoms with Crippen LogP contribution in [0.15, 0.2) is 24.3 Å². The second kappa shape index (κ2) is 10.1. The average Bonchev–Trinajstić information content (AvgIpc) is 2.58. The highest BCUT2D eigenvalue weighted by Gasteiger charge is 2.24. The Morgan fingerprint density at radius 2 is 2.04 bits per heavy atom. The molecule has 1 aromatic carbocycles. The van der Waals surface area contributed by atoms with Crippen molar-refractivity contribution in [2.45, 2.75) is 38.1 Å². The van der Waals surface area contributed by atoms with Crippen LogP contribution < -0.4 is 11.1 Å². The third-order valence-electron chi connectivity index (χ3n) is 4.19. The molecule has 3 N–H and O–H groups in total. The van der Waals surface area contributed by atoms with Crippen LogP contribution in [0.2, 0.25) is 0 Å². The number of non-ortho nitro benzene ring substituents is 1. The Kier molecular flexibility index (Phi) is 8.49. The molecule has 1 heterocycles. The lowest BCUT2D eigenvalue weighted by atomic mass is 10.0. The summed E-state index contributed by atoms with van der Waals surface area (Å²) in [4.78, 5) is 24.4. The first-order chi connectivity index (χ1) is 11.1. The fourth-order valence-corrected chi connectivity index (χ4v) is 2.89. The molecule has 0 aliphatic carbocycles. The molecule has 1 aliphatic heterocycles. The summed E-state index contributed by atoms with van der Waals surface area (Å²) in [6.45, 7) is 2.01. The van der Waals surface area contributed by atoms with Gasteiger partial charge in [0, 0.05) is 49.9 Å². The van der Waals surface area contributed by atoms with E-state index in [0.29, 0.717) is 19.5 Å². The molecule has 1 fully saturated rings. The summed E-state index contributed by atoms with van der Waals surface area (Å²) >= 11 is 0. The van der Waals surface area contributed by atoms with Gasteiger partial charge in [0.05, 0.1) is 4.92 Å². The number of hydrogen-bond donors (Lipinski definition) is 2. The molecule has 1 aromatic rings. The Bertz CT molecular complexity index is 539. The van der Waals surface area contributed by atoms with Gasteiger partial charge in [-0.25, -0.2) is 0 Å². The Morgan fingerprint density at radius 3 is 2.67 bits per heavy atom. The highest BCUT2D eigenvalue weighted by atomic mass is 35.5. The standard InChI is InChI=1S/C16H24N4O3.ClH/c17-12-15-4-1-2-11-19(15)16(21)5-3-10-18-13-6-8-14(9-7-13)20(22)23;/h6-9,15,18H,1-5,10-12,17H2;1H. The highest BCUT2D eigenvalue weighted by molar-refractivity contribution is 5.85. The molecule has 8 heteroatoms. The third kappa shape index (κ3) is 5.65. The summed E-state index contributed by atoms with van der Waals surface area (Å²) in [5, 5.41) is 13.8. The summed E-state index contributed by atoms with van der Waals surface area (Å²) in [6, 6.07) is 6.48. The summed E-state index contributed by atoms with van der Waals surface area (Å²) in [7, 11) is 0. The highest BCUT2D eigenvalue weighted by Crippen LogP contribution is 2.18. The maximum absolute atomic E-state index is 12.3. The van der Waals surface area contributed by atoms with Gasteiger partial charge in [0.2, 0.25) is 5.91 Å². The second-order valence-corrected chi connectivity index (χ2v) is 5.81. The molecule has 0 aromatic heterocycles. The van der Waals surface area contributed by atoms with E-state index in [-0.39, 0.29) is 30.0 Å². The quantitative estimate of drug-likeness (QED) is 0.444. The van der Waals surface area contributed by atoms with E-state index in [1.165, 1.54) is 12.1 Å². The number of carbonyl (C=O) groups is 1. The molecule has 1 atom stereocenters. The molecule has 134 valence electrons. The van der Waals surface area contributed by atoms with E-state index >= 15 is 0 Å². The Balaban J connectivity index is 0.00000288. The number of nitro groups is 1. The first kappa shape index (κ1) is 20.2. The fourth-order valence-electron chi connectivity index (χ4n) is 2.89. The third-order valence-corrected chi connectivity index (χ3v) is 4.19. The summed E-state index contributed by atoms with van der Waals surface area (Å²) in [5.74, 6) is 0.172. The largest absolute Gasteiger partial charge is 0.385 e. The average molecular weight is 357 g/mol. The first-order valence-electron chi connectivity index (χ1n) is 8.09. The molecule has 0 saturated carbocycles. The molecule has 1 aliphatic rings. The molecule has 0 radical (unpaired) electrons.